The lowest BCUT2D eigenvalue weighted by atomic mass is 10.2. The summed E-state index contributed by atoms with van der Waals surface area (Å²) in [5.41, 5.74) is 0.889. The minimum Gasteiger partial charge on any atom is -0.497 e. The van der Waals surface area contributed by atoms with Crippen LogP contribution in [0, 0.1) is 10.1 Å². The maximum atomic E-state index is 11.9. The molecule has 0 heterocycles. The number of nitrogens with one attached hydrogen (secondary N) is 1. The first-order valence-corrected chi connectivity index (χ1v) is 6.99. The van der Waals surface area contributed by atoms with Crippen LogP contribution in [0.3, 0.4) is 0 Å². The van der Waals surface area contributed by atoms with Gasteiger partial charge in [0.2, 0.25) is 5.91 Å². The number of rotatable bonds is 6. The smallest absolute Gasteiger partial charge is 0.312 e. The van der Waals surface area contributed by atoms with Gasteiger partial charge in [-0.2, -0.15) is 0 Å². The zero-order valence-electron chi connectivity index (χ0n) is 13.2. The van der Waals surface area contributed by atoms with Crippen molar-refractivity contribution in [2.45, 2.75) is 0 Å². The minimum atomic E-state index is -0.569. The van der Waals surface area contributed by atoms with Crippen molar-refractivity contribution < 1.29 is 19.2 Å². The van der Waals surface area contributed by atoms with E-state index < -0.39 is 10.8 Å². The summed E-state index contributed by atoms with van der Waals surface area (Å²) in [7, 11) is 2.91. The average molecular weight is 328 g/mol. The number of amides is 1. The van der Waals surface area contributed by atoms with E-state index >= 15 is 0 Å². The molecule has 124 valence electrons. The number of hydrogen-bond acceptors (Lipinski definition) is 5. The number of hydrogen-bond donors (Lipinski definition) is 1. The van der Waals surface area contributed by atoms with Gasteiger partial charge >= 0.3 is 5.69 Å². The number of nitro benzene ring substituents is 1. The second-order valence-corrected chi connectivity index (χ2v) is 4.74. The van der Waals surface area contributed by atoms with Gasteiger partial charge in [0.15, 0.2) is 5.75 Å². The Morgan fingerprint density at radius 3 is 2.62 bits per heavy atom. The molecule has 2 rings (SSSR count). The third-order valence-corrected chi connectivity index (χ3v) is 3.16. The fraction of sp³-hybridized carbons (Fsp3) is 0.118. The van der Waals surface area contributed by atoms with E-state index in [9.17, 15) is 14.9 Å². The molecule has 0 atom stereocenters. The van der Waals surface area contributed by atoms with Gasteiger partial charge in [-0.3, -0.25) is 14.9 Å². The molecule has 0 saturated heterocycles. The van der Waals surface area contributed by atoms with E-state index in [1.54, 1.807) is 25.3 Å². The number of carbonyl (C=O) groups excluding carboxylic acids is 1. The Hall–Kier alpha value is -3.35. The molecule has 2 aromatic carbocycles. The lowest BCUT2D eigenvalue weighted by molar-refractivity contribution is -0.385. The van der Waals surface area contributed by atoms with E-state index in [1.807, 2.05) is 12.1 Å². The monoisotopic (exact) mass is 328 g/mol. The molecule has 0 bridgehead atoms. The van der Waals surface area contributed by atoms with Crippen molar-refractivity contribution in [1.29, 1.82) is 0 Å². The molecular formula is C17H16N2O5. The van der Waals surface area contributed by atoms with Crippen molar-refractivity contribution in [3.8, 4) is 11.5 Å². The van der Waals surface area contributed by atoms with Crippen molar-refractivity contribution in [2.75, 3.05) is 19.5 Å². The van der Waals surface area contributed by atoms with Crippen LogP contribution in [-0.2, 0) is 4.79 Å². The maximum absolute atomic E-state index is 11.9. The molecule has 0 aliphatic carbocycles. The van der Waals surface area contributed by atoms with E-state index in [1.165, 1.54) is 31.4 Å². The van der Waals surface area contributed by atoms with Crippen LogP contribution < -0.4 is 14.8 Å². The Balaban J connectivity index is 2.10. The largest absolute Gasteiger partial charge is 0.497 e. The van der Waals surface area contributed by atoms with Crippen LogP contribution >= 0.6 is 0 Å². The van der Waals surface area contributed by atoms with E-state index in [-0.39, 0.29) is 11.4 Å². The number of benzene rings is 2. The molecule has 0 saturated carbocycles. The Morgan fingerprint density at radius 2 is 1.96 bits per heavy atom. The van der Waals surface area contributed by atoms with Gasteiger partial charge < -0.3 is 14.8 Å². The Labute approximate surface area is 138 Å². The summed E-state index contributed by atoms with van der Waals surface area (Å²) in [6.07, 6.45) is 2.96. The van der Waals surface area contributed by atoms with Gasteiger partial charge in [0.25, 0.3) is 0 Å². The van der Waals surface area contributed by atoms with Gasteiger partial charge in [-0.25, -0.2) is 0 Å². The fourth-order valence-electron chi connectivity index (χ4n) is 2.01. The summed E-state index contributed by atoms with van der Waals surface area (Å²) in [6, 6.07) is 11.4. The van der Waals surface area contributed by atoms with Crippen molar-refractivity contribution >= 4 is 23.4 Å². The maximum Gasteiger partial charge on any atom is 0.312 e. The Morgan fingerprint density at radius 1 is 1.17 bits per heavy atom. The number of nitro groups is 1. The van der Waals surface area contributed by atoms with Crippen LogP contribution in [0.5, 0.6) is 11.5 Å². The highest BCUT2D eigenvalue weighted by Crippen LogP contribution is 2.29. The molecule has 0 radical (unpaired) electrons. The summed E-state index contributed by atoms with van der Waals surface area (Å²) >= 11 is 0. The highest BCUT2D eigenvalue weighted by atomic mass is 16.6. The first-order chi connectivity index (χ1) is 11.5. The summed E-state index contributed by atoms with van der Waals surface area (Å²) < 4.78 is 10.0. The molecule has 0 unspecified atom stereocenters. The number of anilines is 1. The van der Waals surface area contributed by atoms with Crippen molar-refractivity contribution in [3.05, 3.63) is 64.2 Å². The second-order valence-electron chi connectivity index (χ2n) is 4.74. The third kappa shape index (κ3) is 4.33. The number of nitrogens with zero attached hydrogens (tertiary/aromatic N) is 1. The van der Waals surface area contributed by atoms with Crippen molar-refractivity contribution in [1.82, 2.24) is 0 Å². The summed E-state index contributed by atoms with van der Waals surface area (Å²) in [5.74, 6) is 0.408. The molecule has 0 aromatic heterocycles. The predicted octanol–water partition coefficient (Wildman–Crippen LogP) is 3.26. The number of ether oxygens (including phenoxy) is 2. The first-order valence-electron chi connectivity index (χ1n) is 6.99. The molecule has 0 aliphatic rings. The van der Waals surface area contributed by atoms with E-state index in [0.717, 1.165) is 5.56 Å². The molecule has 1 N–H and O–H groups in total. The average Bonchev–Trinajstić information content (AvgIpc) is 2.60. The van der Waals surface area contributed by atoms with Gasteiger partial charge in [-0.1, -0.05) is 12.1 Å². The Kier molecular flexibility index (Phi) is 5.51. The molecule has 2 aromatic rings. The van der Waals surface area contributed by atoms with Gasteiger partial charge in [-0.05, 0) is 35.9 Å². The van der Waals surface area contributed by atoms with E-state index in [2.05, 4.69) is 5.32 Å². The Bertz CT molecular complexity index is 786. The third-order valence-electron chi connectivity index (χ3n) is 3.16. The predicted molar refractivity (Wildman–Crippen MR) is 90.3 cm³/mol. The normalized spacial score (nSPS) is 10.4. The quantitative estimate of drug-likeness (QED) is 0.499. The standard InChI is InChI=1S/C17H16N2O5/c1-23-14-5-3-4-12(10-14)6-9-17(20)18-13-7-8-16(24-2)15(11-13)19(21)22/h3-11H,1-2H3,(H,18,20)/b9-6+. The fourth-order valence-corrected chi connectivity index (χ4v) is 2.01. The SMILES string of the molecule is COc1cccc(/C=C/C(=O)Nc2ccc(OC)c([N+](=O)[O-])c2)c1. The van der Waals surface area contributed by atoms with Crippen LogP contribution in [0.25, 0.3) is 6.08 Å². The summed E-state index contributed by atoms with van der Waals surface area (Å²) in [5, 5.41) is 13.5. The molecule has 1 amide bonds. The lowest BCUT2D eigenvalue weighted by Crippen LogP contribution is -2.08. The molecular weight excluding hydrogens is 312 g/mol. The van der Waals surface area contributed by atoms with Gasteiger partial charge in [0, 0.05) is 17.8 Å². The molecule has 0 aliphatic heterocycles. The van der Waals surface area contributed by atoms with Crippen LogP contribution in [-0.4, -0.2) is 25.1 Å². The molecule has 0 fully saturated rings. The first kappa shape index (κ1) is 17.0. The van der Waals surface area contributed by atoms with Gasteiger partial charge in [-0.15, -0.1) is 0 Å². The topological polar surface area (TPSA) is 90.7 Å². The molecule has 7 heteroatoms. The highest BCUT2D eigenvalue weighted by Gasteiger charge is 2.15. The summed E-state index contributed by atoms with van der Waals surface area (Å²) in [6.45, 7) is 0. The van der Waals surface area contributed by atoms with Crippen molar-refractivity contribution in [2.24, 2.45) is 0 Å². The minimum absolute atomic E-state index is 0.130. The number of carbonyl (C=O) groups is 1. The molecule has 7 nitrogen and oxygen atoms in total. The van der Waals surface area contributed by atoms with Crippen LogP contribution in [0.4, 0.5) is 11.4 Å². The van der Waals surface area contributed by atoms with Gasteiger partial charge in [0.1, 0.15) is 5.75 Å². The van der Waals surface area contributed by atoms with Crippen molar-refractivity contribution in [3.63, 3.8) is 0 Å². The molecule has 0 spiro atoms. The zero-order valence-corrected chi connectivity index (χ0v) is 13.2. The number of methoxy groups -OCH3 is 2. The highest BCUT2D eigenvalue weighted by molar-refractivity contribution is 6.02. The van der Waals surface area contributed by atoms with Crippen LogP contribution in [0.15, 0.2) is 48.5 Å². The van der Waals surface area contributed by atoms with Gasteiger partial charge in [0.05, 0.1) is 19.1 Å². The summed E-state index contributed by atoms with van der Waals surface area (Å²) in [4.78, 5) is 22.4. The van der Waals surface area contributed by atoms with Crippen LogP contribution in [0.1, 0.15) is 5.56 Å². The van der Waals surface area contributed by atoms with E-state index in [0.29, 0.717) is 11.4 Å². The van der Waals surface area contributed by atoms with Crippen LogP contribution in [0.2, 0.25) is 0 Å². The lowest BCUT2D eigenvalue weighted by Gasteiger charge is -2.05. The zero-order chi connectivity index (χ0) is 17.5. The second kappa shape index (κ2) is 7.77. The van der Waals surface area contributed by atoms with E-state index in [4.69, 9.17) is 9.47 Å². The molecule has 24 heavy (non-hydrogen) atoms.